The average Bonchev–Trinajstić information content (AvgIpc) is 3.21. The molecular formula is C19H31IN4O2S. The van der Waals surface area contributed by atoms with Gasteiger partial charge in [-0.15, -0.1) is 24.0 Å². The van der Waals surface area contributed by atoms with Gasteiger partial charge in [0.15, 0.2) is 5.96 Å². The van der Waals surface area contributed by atoms with Crippen LogP contribution in [-0.2, 0) is 16.6 Å². The lowest BCUT2D eigenvalue weighted by molar-refractivity contribution is 0.346. The minimum Gasteiger partial charge on any atom is -0.357 e. The predicted molar refractivity (Wildman–Crippen MR) is 120 cm³/mol. The maximum Gasteiger partial charge on any atom is 0.243 e. The summed E-state index contributed by atoms with van der Waals surface area (Å²) in [5, 5.41) is 3.35. The Morgan fingerprint density at radius 1 is 1.00 bits per heavy atom. The standard InChI is InChI=1S/C19H30N4O2S.HI/c1-2-20-19(22-12-6-7-13-22)21-16-17-8-10-18(11-9-17)26(24,25)23-14-4-3-5-15-23;/h8-11H,2-7,12-16H2,1H3,(H,20,21);1H. The van der Waals surface area contributed by atoms with Gasteiger partial charge in [-0.05, 0) is 50.3 Å². The first kappa shape index (κ1) is 22.4. The normalized spacial score (nSPS) is 19.0. The zero-order valence-electron chi connectivity index (χ0n) is 16.1. The smallest absolute Gasteiger partial charge is 0.243 e. The number of benzene rings is 1. The number of hydrogen-bond donors (Lipinski definition) is 1. The molecule has 0 saturated carbocycles. The summed E-state index contributed by atoms with van der Waals surface area (Å²) in [5.74, 6) is 0.954. The van der Waals surface area contributed by atoms with E-state index in [0.29, 0.717) is 24.5 Å². The number of rotatable bonds is 5. The van der Waals surface area contributed by atoms with E-state index < -0.39 is 10.0 Å². The molecule has 0 aliphatic carbocycles. The van der Waals surface area contributed by atoms with Crippen LogP contribution < -0.4 is 5.32 Å². The molecule has 0 aromatic heterocycles. The molecule has 1 N–H and O–H groups in total. The second-order valence-electron chi connectivity index (χ2n) is 6.97. The molecule has 0 spiro atoms. The summed E-state index contributed by atoms with van der Waals surface area (Å²) in [7, 11) is -3.35. The van der Waals surface area contributed by atoms with Gasteiger partial charge in [-0.2, -0.15) is 4.31 Å². The summed E-state index contributed by atoms with van der Waals surface area (Å²) in [6.07, 6.45) is 5.46. The second kappa shape index (κ2) is 10.6. The van der Waals surface area contributed by atoms with Gasteiger partial charge in [0.05, 0.1) is 11.4 Å². The van der Waals surface area contributed by atoms with Crippen LogP contribution in [-0.4, -0.2) is 56.3 Å². The third-order valence-corrected chi connectivity index (χ3v) is 6.94. The second-order valence-corrected chi connectivity index (χ2v) is 8.91. The number of sulfonamides is 1. The van der Waals surface area contributed by atoms with E-state index in [-0.39, 0.29) is 24.0 Å². The number of likely N-dealkylation sites (tertiary alicyclic amines) is 1. The van der Waals surface area contributed by atoms with Gasteiger partial charge in [-0.25, -0.2) is 13.4 Å². The van der Waals surface area contributed by atoms with Crippen LogP contribution in [0.3, 0.4) is 0 Å². The van der Waals surface area contributed by atoms with Gasteiger partial charge < -0.3 is 10.2 Å². The largest absolute Gasteiger partial charge is 0.357 e. The molecule has 1 aromatic carbocycles. The lowest BCUT2D eigenvalue weighted by atomic mass is 10.2. The zero-order chi connectivity index (χ0) is 18.4. The molecule has 0 bridgehead atoms. The van der Waals surface area contributed by atoms with E-state index >= 15 is 0 Å². The highest BCUT2D eigenvalue weighted by molar-refractivity contribution is 14.0. The van der Waals surface area contributed by atoms with E-state index in [1.54, 1.807) is 16.4 Å². The molecule has 2 saturated heterocycles. The van der Waals surface area contributed by atoms with Crippen molar-refractivity contribution in [2.24, 2.45) is 4.99 Å². The van der Waals surface area contributed by atoms with Crippen molar-refractivity contribution < 1.29 is 8.42 Å². The Balaban J connectivity index is 0.00000261. The van der Waals surface area contributed by atoms with Crippen molar-refractivity contribution in [3.8, 4) is 0 Å². The van der Waals surface area contributed by atoms with Gasteiger partial charge in [0.2, 0.25) is 10.0 Å². The first-order valence-corrected chi connectivity index (χ1v) is 11.2. The first-order valence-electron chi connectivity index (χ1n) is 9.73. The van der Waals surface area contributed by atoms with E-state index in [1.807, 2.05) is 12.1 Å². The summed E-state index contributed by atoms with van der Waals surface area (Å²) in [5.41, 5.74) is 1.03. The van der Waals surface area contributed by atoms with Crippen LogP contribution in [0.15, 0.2) is 34.2 Å². The Labute approximate surface area is 180 Å². The van der Waals surface area contributed by atoms with Crippen molar-refractivity contribution >= 4 is 40.0 Å². The topological polar surface area (TPSA) is 65.0 Å². The number of hydrogen-bond acceptors (Lipinski definition) is 3. The average molecular weight is 506 g/mol. The van der Waals surface area contributed by atoms with Crippen LogP contribution in [0.1, 0.15) is 44.6 Å². The monoisotopic (exact) mass is 506 g/mol. The molecule has 2 aliphatic rings. The molecule has 2 heterocycles. The Hall–Kier alpha value is -0.870. The van der Waals surface area contributed by atoms with Crippen LogP contribution >= 0.6 is 24.0 Å². The lowest BCUT2D eigenvalue weighted by Gasteiger charge is -2.25. The minimum atomic E-state index is -3.35. The van der Waals surface area contributed by atoms with Crippen LogP contribution in [0.5, 0.6) is 0 Å². The third kappa shape index (κ3) is 5.80. The summed E-state index contributed by atoms with van der Waals surface area (Å²) in [4.78, 5) is 7.40. The maximum absolute atomic E-state index is 12.7. The minimum absolute atomic E-state index is 0. The van der Waals surface area contributed by atoms with Gasteiger partial charge in [0, 0.05) is 32.7 Å². The Bertz CT molecular complexity index is 710. The van der Waals surface area contributed by atoms with E-state index in [4.69, 9.17) is 4.99 Å². The highest BCUT2D eigenvalue weighted by atomic mass is 127. The van der Waals surface area contributed by atoms with Crippen molar-refractivity contribution in [2.75, 3.05) is 32.7 Å². The summed E-state index contributed by atoms with van der Waals surface area (Å²) >= 11 is 0. The van der Waals surface area contributed by atoms with Crippen molar-refractivity contribution in [3.05, 3.63) is 29.8 Å². The fourth-order valence-corrected chi connectivity index (χ4v) is 5.06. The predicted octanol–water partition coefficient (Wildman–Crippen LogP) is 3.04. The quantitative estimate of drug-likeness (QED) is 0.379. The SMILES string of the molecule is CCNC(=NCc1ccc(S(=O)(=O)N2CCCCC2)cc1)N1CCCC1.I. The van der Waals surface area contributed by atoms with Crippen molar-refractivity contribution in [1.82, 2.24) is 14.5 Å². The van der Waals surface area contributed by atoms with E-state index in [9.17, 15) is 8.42 Å². The molecule has 0 radical (unpaired) electrons. The van der Waals surface area contributed by atoms with Crippen LogP contribution in [0.4, 0.5) is 0 Å². The molecule has 2 aliphatic heterocycles. The van der Waals surface area contributed by atoms with Crippen LogP contribution in [0.25, 0.3) is 0 Å². The molecular weight excluding hydrogens is 475 g/mol. The third-order valence-electron chi connectivity index (χ3n) is 5.03. The Kier molecular flexibility index (Phi) is 8.81. The summed E-state index contributed by atoms with van der Waals surface area (Å²) < 4.78 is 27.0. The highest BCUT2D eigenvalue weighted by Gasteiger charge is 2.25. The fourth-order valence-electron chi connectivity index (χ4n) is 3.54. The maximum atomic E-state index is 12.7. The number of halogens is 1. The Morgan fingerprint density at radius 2 is 1.59 bits per heavy atom. The molecule has 2 fully saturated rings. The fraction of sp³-hybridized carbons (Fsp3) is 0.632. The van der Waals surface area contributed by atoms with Crippen molar-refractivity contribution in [1.29, 1.82) is 0 Å². The number of nitrogens with zero attached hydrogens (tertiary/aromatic N) is 3. The van der Waals surface area contributed by atoms with Crippen LogP contribution in [0.2, 0.25) is 0 Å². The lowest BCUT2D eigenvalue weighted by Crippen LogP contribution is -2.39. The van der Waals surface area contributed by atoms with Gasteiger partial charge in [0.25, 0.3) is 0 Å². The number of piperidine rings is 1. The molecule has 0 unspecified atom stereocenters. The molecule has 0 atom stereocenters. The molecule has 1 aromatic rings. The van der Waals surface area contributed by atoms with Gasteiger partial charge in [0.1, 0.15) is 0 Å². The number of nitrogens with one attached hydrogen (secondary N) is 1. The zero-order valence-corrected chi connectivity index (χ0v) is 19.2. The van der Waals surface area contributed by atoms with Gasteiger partial charge in [-0.3, -0.25) is 0 Å². The molecule has 152 valence electrons. The van der Waals surface area contributed by atoms with Gasteiger partial charge in [-0.1, -0.05) is 18.6 Å². The summed E-state index contributed by atoms with van der Waals surface area (Å²) in [6.45, 7) is 6.86. The Morgan fingerprint density at radius 3 is 2.19 bits per heavy atom. The molecule has 6 nitrogen and oxygen atoms in total. The number of aliphatic imine (C=N–C) groups is 1. The van der Waals surface area contributed by atoms with E-state index in [1.165, 1.54) is 12.8 Å². The van der Waals surface area contributed by atoms with Gasteiger partial charge >= 0.3 is 0 Å². The van der Waals surface area contributed by atoms with Crippen LogP contribution in [0, 0.1) is 0 Å². The summed E-state index contributed by atoms with van der Waals surface area (Å²) in [6, 6.07) is 7.21. The highest BCUT2D eigenvalue weighted by Crippen LogP contribution is 2.21. The first-order chi connectivity index (χ1) is 12.6. The molecule has 3 rings (SSSR count). The van der Waals surface area contributed by atoms with E-state index in [0.717, 1.165) is 50.4 Å². The van der Waals surface area contributed by atoms with E-state index in [2.05, 4.69) is 17.1 Å². The molecule has 0 amide bonds. The van der Waals surface area contributed by atoms with Crippen molar-refractivity contribution in [2.45, 2.75) is 50.5 Å². The van der Waals surface area contributed by atoms with Crippen molar-refractivity contribution in [3.63, 3.8) is 0 Å². The molecule has 8 heteroatoms. The molecule has 27 heavy (non-hydrogen) atoms. The number of guanidine groups is 1.